The smallest absolute Gasteiger partial charge is 0.374 e. The fourth-order valence-corrected chi connectivity index (χ4v) is 1.75. The lowest BCUT2D eigenvalue weighted by molar-refractivity contribution is -0.901. The van der Waals surface area contributed by atoms with Gasteiger partial charge in [0.15, 0.2) is 0 Å². The minimum absolute atomic E-state index is 0. The number of rotatable bonds is 5. The van der Waals surface area contributed by atoms with E-state index in [1.165, 1.54) is 4.90 Å². The molecular weight excluding hydrogens is 278 g/mol. The third-order valence-corrected chi connectivity index (χ3v) is 3.34. The maximum atomic E-state index is 11.8. The van der Waals surface area contributed by atoms with Crippen molar-refractivity contribution in [3.05, 3.63) is 36.1 Å². The molecule has 2 aromatic rings. The first-order valence-corrected chi connectivity index (χ1v) is 6.56. The van der Waals surface area contributed by atoms with E-state index >= 15 is 0 Å². The average Bonchev–Trinajstić information content (AvgIpc) is 2.82. The summed E-state index contributed by atoms with van der Waals surface area (Å²) < 4.78 is 10.7. The maximum Gasteiger partial charge on any atom is 0.374 e. The van der Waals surface area contributed by atoms with Crippen molar-refractivity contribution in [2.75, 3.05) is 20.2 Å². The topological polar surface area (TPSA) is 43.9 Å². The van der Waals surface area contributed by atoms with E-state index in [0.717, 1.165) is 11.9 Å². The number of likely N-dealkylation sites (N-methyl/N-ethyl adjacent to an activating group) is 1. The molecule has 0 saturated carbocycles. The molecule has 0 saturated heterocycles. The van der Waals surface area contributed by atoms with Gasteiger partial charge in [0.25, 0.3) is 0 Å². The third kappa shape index (κ3) is 3.99. The number of carbonyl (C=O) groups is 1. The molecule has 1 N–H and O–H groups in total. The van der Waals surface area contributed by atoms with Crippen LogP contribution in [0.1, 0.15) is 24.4 Å². The lowest BCUT2D eigenvalue weighted by atomic mass is 10.2. The van der Waals surface area contributed by atoms with Crippen LogP contribution in [0.4, 0.5) is 0 Å². The van der Waals surface area contributed by atoms with E-state index in [-0.39, 0.29) is 18.2 Å². The van der Waals surface area contributed by atoms with Crippen molar-refractivity contribution < 1.29 is 31.3 Å². The third-order valence-electron chi connectivity index (χ3n) is 3.34. The summed E-state index contributed by atoms with van der Waals surface area (Å²) in [5.41, 5.74) is 0.708. The minimum atomic E-state index is -0.396. The molecule has 20 heavy (non-hydrogen) atoms. The number of para-hydroxylation sites is 1. The van der Waals surface area contributed by atoms with Crippen LogP contribution in [0.3, 0.4) is 0 Å². The van der Waals surface area contributed by atoms with Crippen LogP contribution in [-0.2, 0) is 4.74 Å². The Balaban J connectivity index is 0.00000200. The molecule has 110 valence electrons. The number of carbonyl (C=O) groups excluding carboxylic acids is 1. The number of halogens is 1. The molecule has 0 radical (unpaired) electrons. The maximum absolute atomic E-state index is 11.8. The number of fused-ring (bicyclic) bond motifs is 1. The number of nitrogens with one attached hydrogen (secondary N) is 1. The largest absolute Gasteiger partial charge is 1.00 e. The second-order valence-electron chi connectivity index (χ2n) is 5.04. The minimum Gasteiger partial charge on any atom is -1.00 e. The van der Waals surface area contributed by atoms with Crippen molar-refractivity contribution in [3.8, 4) is 0 Å². The number of ether oxygens (including phenoxy) is 1. The van der Waals surface area contributed by atoms with Crippen molar-refractivity contribution in [2.24, 2.45) is 0 Å². The van der Waals surface area contributed by atoms with Crippen LogP contribution >= 0.6 is 0 Å². The van der Waals surface area contributed by atoms with Gasteiger partial charge >= 0.3 is 5.97 Å². The normalized spacial score (nSPS) is 12.2. The Morgan fingerprint density at radius 3 is 2.70 bits per heavy atom. The molecule has 1 unspecified atom stereocenters. The van der Waals surface area contributed by atoms with E-state index in [1.54, 1.807) is 6.07 Å². The Bertz CT molecular complexity index is 532. The standard InChI is InChI=1S/C15H19NO3.ClH/c1-11(2)16(3)8-9-18-15(17)14-10-12-6-4-5-7-13(12)19-14;/h4-7,10-11H,8-9H2,1-3H3;1H. The molecule has 0 amide bonds. The fourth-order valence-electron chi connectivity index (χ4n) is 1.75. The molecule has 0 aliphatic heterocycles. The summed E-state index contributed by atoms with van der Waals surface area (Å²) in [7, 11) is 2.08. The molecule has 0 aliphatic carbocycles. The van der Waals surface area contributed by atoms with Gasteiger partial charge in [0, 0.05) is 5.39 Å². The van der Waals surface area contributed by atoms with Crippen LogP contribution in [0.5, 0.6) is 0 Å². The molecule has 1 aromatic heterocycles. The van der Waals surface area contributed by atoms with E-state index in [9.17, 15) is 4.79 Å². The van der Waals surface area contributed by atoms with E-state index in [0.29, 0.717) is 18.2 Å². The Labute approximate surface area is 125 Å². The van der Waals surface area contributed by atoms with Gasteiger partial charge in [0.05, 0.1) is 13.1 Å². The second-order valence-corrected chi connectivity index (χ2v) is 5.04. The molecule has 0 bridgehead atoms. The molecule has 4 nitrogen and oxygen atoms in total. The Hall–Kier alpha value is -1.52. The SMILES string of the molecule is CC(C)[NH+](C)CCOC(=O)c1cc2ccccc2o1.[Cl-]. The lowest BCUT2D eigenvalue weighted by Crippen LogP contribution is -3.12. The Morgan fingerprint density at radius 1 is 1.35 bits per heavy atom. The summed E-state index contributed by atoms with van der Waals surface area (Å²) in [4.78, 5) is 13.2. The average molecular weight is 298 g/mol. The monoisotopic (exact) mass is 297 g/mol. The first kappa shape index (κ1) is 16.5. The van der Waals surface area contributed by atoms with E-state index < -0.39 is 5.97 Å². The van der Waals surface area contributed by atoms with Gasteiger partial charge in [-0.3, -0.25) is 0 Å². The van der Waals surface area contributed by atoms with Gasteiger partial charge in [-0.2, -0.15) is 0 Å². The van der Waals surface area contributed by atoms with Gasteiger partial charge in [-0.05, 0) is 26.0 Å². The molecule has 1 heterocycles. The van der Waals surface area contributed by atoms with Gasteiger partial charge in [-0.15, -0.1) is 0 Å². The second kappa shape index (κ2) is 7.31. The zero-order valence-corrected chi connectivity index (χ0v) is 12.7. The summed E-state index contributed by atoms with van der Waals surface area (Å²) in [5.74, 6) is -0.129. The molecular formula is C15H20ClNO3. The highest BCUT2D eigenvalue weighted by Gasteiger charge is 2.14. The predicted molar refractivity (Wildman–Crippen MR) is 73.4 cm³/mol. The van der Waals surface area contributed by atoms with Gasteiger partial charge in [0.1, 0.15) is 18.7 Å². The zero-order valence-electron chi connectivity index (χ0n) is 12.0. The number of benzene rings is 1. The van der Waals surface area contributed by atoms with Gasteiger partial charge in [-0.25, -0.2) is 4.79 Å². The van der Waals surface area contributed by atoms with Crippen LogP contribution < -0.4 is 17.3 Å². The summed E-state index contributed by atoms with van der Waals surface area (Å²) in [6.07, 6.45) is 0. The zero-order chi connectivity index (χ0) is 13.8. The fraction of sp³-hybridized carbons (Fsp3) is 0.400. The van der Waals surface area contributed by atoms with E-state index in [2.05, 4.69) is 20.9 Å². The lowest BCUT2D eigenvalue weighted by Gasteiger charge is -2.17. The van der Waals surface area contributed by atoms with Crippen LogP contribution in [0.15, 0.2) is 34.7 Å². The highest BCUT2D eigenvalue weighted by atomic mass is 35.5. The van der Waals surface area contributed by atoms with E-state index in [1.807, 2.05) is 24.3 Å². The molecule has 0 fully saturated rings. The van der Waals surface area contributed by atoms with Crippen molar-refractivity contribution in [1.82, 2.24) is 0 Å². The van der Waals surface area contributed by atoms with Crippen LogP contribution in [0.25, 0.3) is 11.0 Å². The summed E-state index contributed by atoms with van der Waals surface area (Å²) in [6.45, 7) is 5.47. The Kier molecular flexibility index (Phi) is 6.05. The van der Waals surface area contributed by atoms with Crippen LogP contribution in [0, 0.1) is 0 Å². The number of quaternary nitrogens is 1. The predicted octanol–water partition coefficient (Wildman–Crippen LogP) is -1.48. The highest BCUT2D eigenvalue weighted by molar-refractivity contribution is 5.92. The molecule has 1 atom stereocenters. The van der Waals surface area contributed by atoms with Crippen LogP contribution in [0.2, 0.25) is 0 Å². The van der Waals surface area contributed by atoms with Crippen LogP contribution in [-0.4, -0.2) is 32.2 Å². The number of furan rings is 1. The molecule has 1 aromatic carbocycles. The molecule has 2 rings (SSSR count). The van der Waals surface area contributed by atoms with Crippen molar-refractivity contribution in [2.45, 2.75) is 19.9 Å². The highest BCUT2D eigenvalue weighted by Crippen LogP contribution is 2.19. The van der Waals surface area contributed by atoms with E-state index in [4.69, 9.17) is 9.15 Å². The number of esters is 1. The molecule has 0 spiro atoms. The molecule has 5 heteroatoms. The number of hydrogen-bond acceptors (Lipinski definition) is 3. The molecule has 0 aliphatic rings. The summed E-state index contributed by atoms with van der Waals surface area (Å²) in [5, 5.41) is 0.916. The number of hydrogen-bond donors (Lipinski definition) is 1. The van der Waals surface area contributed by atoms with Crippen molar-refractivity contribution >= 4 is 16.9 Å². The first-order valence-electron chi connectivity index (χ1n) is 6.56. The Morgan fingerprint density at radius 2 is 2.05 bits per heavy atom. The summed E-state index contributed by atoms with van der Waals surface area (Å²) >= 11 is 0. The van der Waals surface area contributed by atoms with Gasteiger partial charge in [0.2, 0.25) is 5.76 Å². The quantitative estimate of drug-likeness (QED) is 0.685. The first-order chi connectivity index (χ1) is 9.08. The van der Waals surface area contributed by atoms with Crippen molar-refractivity contribution in [3.63, 3.8) is 0 Å². The van der Waals surface area contributed by atoms with Gasteiger partial charge in [-0.1, -0.05) is 18.2 Å². The summed E-state index contributed by atoms with van der Waals surface area (Å²) in [6, 6.07) is 9.77. The van der Waals surface area contributed by atoms with Gasteiger partial charge < -0.3 is 26.5 Å². The van der Waals surface area contributed by atoms with Crippen molar-refractivity contribution in [1.29, 1.82) is 0 Å².